The predicted octanol–water partition coefficient (Wildman–Crippen LogP) is 2.59. The monoisotopic (exact) mass is 262 g/mol. The number of hydrogen-bond acceptors (Lipinski definition) is 3. The highest BCUT2D eigenvalue weighted by Crippen LogP contribution is 2.36. The summed E-state index contributed by atoms with van der Waals surface area (Å²) in [5.74, 6) is -0.880. The van der Waals surface area contributed by atoms with Gasteiger partial charge in [-0.3, -0.25) is 0 Å². The number of carbonyl (C=O) groups is 1. The first-order valence-electron chi connectivity index (χ1n) is 6.70. The van der Waals surface area contributed by atoms with Gasteiger partial charge < -0.3 is 15.3 Å². The molecule has 1 aromatic carbocycles. The first-order chi connectivity index (χ1) is 8.94. The average molecular weight is 262 g/mol. The van der Waals surface area contributed by atoms with Gasteiger partial charge in [-0.05, 0) is 58.0 Å². The lowest BCUT2D eigenvalue weighted by Crippen LogP contribution is -2.54. The largest absolute Gasteiger partial charge is 0.478 e. The zero-order chi connectivity index (χ0) is 14.0. The second-order valence-electron chi connectivity index (χ2n) is 5.68. The standard InChI is InChI=1S/C15H22N2O2/c1-11-5-6-12(14(18)19)13(9-11)16-10-15(17(2)3)7-4-8-15/h5-6,9,16H,4,7-8,10H2,1-3H3,(H,18,19). The Balaban J connectivity index is 2.15. The summed E-state index contributed by atoms with van der Waals surface area (Å²) in [5.41, 5.74) is 2.32. The first-order valence-corrected chi connectivity index (χ1v) is 6.70. The molecule has 0 atom stereocenters. The maximum absolute atomic E-state index is 11.2. The van der Waals surface area contributed by atoms with Gasteiger partial charge in [0.05, 0.1) is 5.56 Å². The lowest BCUT2D eigenvalue weighted by Gasteiger charge is -2.47. The number of benzene rings is 1. The van der Waals surface area contributed by atoms with Gasteiger partial charge in [0.2, 0.25) is 0 Å². The van der Waals surface area contributed by atoms with Crippen molar-refractivity contribution in [1.29, 1.82) is 0 Å². The summed E-state index contributed by atoms with van der Waals surface area (Å²) in [7, 11) is 4.18. The fourth-order valence-corrected chi connectivity index (χ4v) is 2.62. The van der Waals surface area contributed by atoms with Gasteiger partial charge >= 0.3 is 5.97 Å². The third-order valence-electron chi connectivity index (χ3n) is 4.25. The van der Waals surface area contributed by atoms with Crippen molar-refractivity contribution >= 4 is 11.7 Å². The van der Waals surface area contributed by atoms with Crippen molar-refractivity contribution in [3.05, 3.63) is 29.3 Å². The summed E-state index contributed by atoms with van der Waals surface area (Å²) >= 11 is 0. The van der Waals surface area contributed by atoms with Gasteiger partial charge in [-0.25, -0.2) is 4.79 Å². The molecule has 104 valence electrons. The number of anilines is 1. The van der Waals surface area contributed by atoms with Gasteiger partial charge in [0, 0.05) is 17.8 Å². The Bertz CT molecular complexity index is 479. The Morgan fingerprint density at radius 2 is 2.11 bits per heavy atom. The van der Waals surface area contributed by atoms with Crippen LogP contribution in [0, 0.1) is 6.92 Å². The molecule has 0 amide bonds. The van der Waals surface area contributed by atoms with Crippen LogP contribution in [0.5, 0.6) is 0 Å². The van der Waals surface area contributed by atoms with Crippen LogP contribution < -0.4 is 5.32 Å². The molecule has 0 spiro atoms. The summed E-state index contributed by atoms with van der Waals surface area (Å²) in [6.45, 7) is 2.77. The number of nitrogens with one attached hydrogen (secondary N) is 1. The van der Waals surface area contributed by atoms with E-state index in [1.807, 2.05) is 19.1 Å². The number of aryl methyl sites for hydroxylation is 1. The number of carboxylic acid groups (broad SMARTS) is 1. The first kappa shape index (κ1) is 13.9. The summed E-state index contributed by atoms with van der Waals surface area (Å²) in [6, 6.07) is 5.41. The molecule has 0 radical (unpaired) electrons. The molecule has 0 aliphatic heterocycles. The SMILES string of the molecule is Cc1ccc(C(=O)O)c(NCC2(N(C)C)CCC2)c1. The van der Waals surface area contributed by atoms with Gasteiger partial charge in [-0.2, -0.15) is 0 Å². The highest BCUT2D eigenvalue weighted by molar-refractivity contribution is 5.94. The highest BCUT2D eigenvalue weighted by Gasteiger charge is 2.38. The molecule has 0 bridgehead atoms. The van der Waals surface area contributed by atoms with Crippen LogP contribution in [0.1, 0.15) is 35.2 Å². The van der Waals surface area contributed by atoms with E-state index in [1.54, 1.807) is 6.07 Å². The van der Waals surface area contributed by atoms with E-state index in [4.69, 9.17) is 0 Å². The molecule has 4 heteroatoms. The Hall–Kier alpha value is -1.55. The van der Waals surface area contributed by atoms with E-state index < -0.39 is 5.97 Å². The molecule has 1 aliphatic rings. The minimum absolute atomic E-state index is 0.180. The number of nitrogens with zero attached hydrogens (tertiary/aromatic N) is 1. The molecule has 19 heavy (non-hydrogen) atoms. The van der Waals surface area contributed by atoms with E-state index in [9.17, 15) is 9.90 Å². The molecule has 0 aromatic heterocycles. The number of hydrogen-bond donors (Lipinski definition) is 2. The van der Waals surface area contributed by atoms with Gasteiger partial charge in [0.15, 0.2) is 0 Å². The third-order valence-corrected chi connectivity index (χ3v) is 4.25. The Labute approximate surface area is 114 Å². The van der Waals surface area contributed by atoms with Crippen molar-refractivity contribution in [2.45, 2.75) is 31.7 Å². The fraction of sp³-hybridized carbons (Fsp3) is 0.533. The van der Waals surface area contributed by atoms with Crippen molar-refractivity contribution in [3.8, 4) is 0 Å². The second-order valence-corrected chi connectivity index (χ2v) is 5.68. The Kier molecular flexibility index (Phi) is 3.80. The lowest BCUT2D eigenvalue weighted by molar-refractivity contribution is 0.0693. The molecule has 2 N–H and O–H groups in total. The average Bonchev–Trinajstić information content (AvgIpc) is 2.26. The summed E-state index contributed by atoms with van der Waals surface area (Å²) in [6.07, 6.45) is 3.59. The van der Waals surface area contributed by atoms with Crippen LogP contribution in [0.3, 0.4) is 0 Å². The van der Waals surface area contributed by atoms with Crippen molar-refractivity contribution in [1.82, 2.24) is 4.90 Å². The van der Waals surface area contributed by atoms with E-state index in [0.717, 1.165) is 17.8 Å². The minimum atomic E-state index is -0.880. The fourth-order valence-electron chi connectivity index (χ4n) is 2.62. The third kappa shape index (κ3) is 2.73. The van der Waals surface area contributed by atoms with Gasteiger partial charge in [-0.15, -0.1) is 0 Å². The van der Waals surface area contributed by atoms with E-state index in [1.165, 1.54) is 19.3 Å². The summed E-state index contributed by atoms with van der Waals surface area (Å²) in [4.78, 5) is 13.5. The number of aromatic carboxylic acids is 1. The molecule has 1 aromatic rings. The molecule has 0 heterocycles. The summed E-state index contributed by atoms with van der Waals surface area (Å²) in [5, 5.41) is 12.6. The predicted molar refractivity (Wildman–Crippen MR) is 76.9 cm³/mol. The lowest BCUT2D eigenvalue weighted by atomic mass is 9.75. The Morgan fingerprint density at radius 1 is 1.42 bits per heavy atom. The van der Waals surface area contributed by atoms with Crippen LogP contribution in [-0.4, -0.2) is 42.2 Å². The van der Waals surface area contributed by atoms with Crippen molar-refractivity contribution in [2.24, 2.45) is 0 Å². The summed E-state index contributed by atoms with van der Waals surface area (Å²) < 4.78 is 0. The molecule has 1 fully saturated rings. The zero-order valence-electron chi connectivity index (χ0n) is 11.9. The van der Waals surface area contributed by atoms with Crippen molar-refractivity contribution in [2.75, 3.05) is 26.0 Å². The van der Waals surface area contributed by atoms with Crippen molar-refractivity contribution in [3.63, 3.8) is 0 Å². The number of carboxylic acids is 1. The molecule has 1 aliphatic carbocycles. The normalized spacial score (nSPS) is 17.1. The number of rotatable bonds is 5. The van der Waals surface area contributed by atoms with Gasteiger partial charge in [0.1, 0.15) is 0 Å². The quantitative estimate of drug-likeness (QED) is 0.856. The maximum atomic E-state index is 11.2. The van der Waals surface area contributed by atoms with E-state index in [2.05, 4.69) is 24.3 Å². The Morgan fingerprint density at radius 3 is 2.58 bits per heavy atom. The second kappa shape index (κ2) is 5.21. The van der Waals surface area contributed by atoms with E-state index >= 15 is 0 Å². The van der Waals surface area contributed by atoms with E-state index in [0.29, 0.717) is 5.56 Å². The van der Waals surface area contributed by atoms with Crippen LogP contribution in [0.2, 0.25) is 0 Å². The zero-order valence-corrected chi connectivity index (χ0v) is 11.9. The van der Waals surface area contributed by atoms with Gasteiger partial charge in [-0.1, -0.05) is 6.07 Å². The molecule has 1 saturated carbocycles. The molecule has 2 rings (SSSR count). The molecular weight excluding hydrogens is 240 g/mol. The van der Waals surface area contributed by atoms with Crippen LogP contribution in [0.25, 0.3) is 0 Å². The van der Waals surface area contributed by atoms with E-state index in [-0.39, 0.29) is 5.54 Å². The molecule has 0 unspecified atom stereocenters. The highest BCUT2D eigenvalue weighted by atomic mass is 16.4. The molecule has 0 saturated heterocycles. The molecule has 4 nitrogen and oxygen atoms in total. The maximum Gasteiger partial charge on any atom is 0.337 e. The van der Waals surface area contributed by atoms with Crippen LogP contribution >= 0.6 is 0 Å². The van der Waals surface area contributed by atoms with Crippen LogP contribution in [0.15, 0.2) is 18.2 Å². The smallest absolute Gasteiger partial charge is 0.337 e. The topological polar surface area (TPSA) is 52.6 Å². The minimum Gasteiger partial charge on any atom is -0.478 e. The van der Waals surface area contributed by atoms with Gasteiger partial charge in [0.25, 0.3) is 0 Å². The molecular formula is C15H22N2O2. The van der Waals surface area contributed by atoms with Crippen LogP contribution in [0.4, 0.5) is 5.69 Å². The van der Waals surface area contributed by atoms with Crippen LogP contribution in [-0.2, 0) is 0 Å². The number of likely N-dealkylation sites (N-methyl/N-ethyl adjacent to an activating group) is 1. The van der Waals surface area contributed by atoms with Crippen molar-refractivity contribution < 1.29 is 9.90 Å².